The van der Waals surface area contributed by atoms with Crippen LogP contribution in [0.4, 0.5) is 0 Å². The lowest BCUT2D eigenvalue weighted by Crippen LogP contribution is -2.43. The smallest absolute Gasteiger partial charge is 0.461 e. The summed E-state index contributed by atoms with van der Waals surface area (Å²) < 4.78 is 31.2. The number of nitrogens with zero attached hydrogens (tertiary/aromatic N) is 1. The van der Waals surface area contributed by atoms with Crippen LogP contribution in [0.5, 0.6) is 0 Å². The highest BCUT2D eigenvalue weighted by Gasteiger charge is 2.56. The fourth-order valence-corrected chi connectivity index (χ4v) is 4.49. The molecule has 2 aliphatic heterocycles. The summed E-state index contributed by atoms with van der Waals surface area (Å²) in [6, 6.07) is 0.0466. The van der Waals surface area contributed by atoms with Crippen LogP contribution in [0.15, 0.2) is 4.40 Å². The van der Waals surface area contributed by atoms with Gasteiger partial charge in [-0.25, -0.2) is 4.72 Å². The Morgan fingerprint density at radius 2 is 1.86 bits per heavy atom. The maximum Gasteiger partial charge on any atom is 0.461 e. The van der Waals surface area contributed by atoms with Gasteiger partial charge in [0.25, 0.3) is 0 Å². The second-order valence-corrected chi connectivity index (χ2v) is 9.71. The van der Waals surface area contributed by atoms with E-state index in [1.165, 1.54) is 12.1 Å². The molecule has 0 aromatic rings. The average molecular weight is 412 g/mol. The van der Waals surface area contributed by atoms with E-state index in [0.29, 0.717) is 32.0 Å². The van der Waals surface area contributed by atoms with E-state index in [2.05, 4.69) is 36.8 Å². The van der Waals surface area contributed by atoms with Crippen molar-refractivity contribution in [2.45, 2.75) is 90.3 Å². The van der Waals surface area contributed by atoms with Gasteiger partial charge in [-0.15, -0.1) is 0 Å². The van der Waals surface area contributed by atoms with Crippen LogP contribution >= 0.6 is 12.1 Å². The zero-order valence-electron chi connectivity index (χ0n) is 17.9. The van der Waals surface area contributed by atoms with Gasteiger partial charge in [0.2, 0.25) is 5.90 Å². The molecule has 158 valence electrons. The predicted molar refractivity (Wildman–Crippen MR) is 111 cm³/mol. The maximum absolute atomic E-state index is 12.8. The first-order valence-corrected chi connectivity index (χ1v) is 11.0. The Labute approximate surface area is 173 Å². The fourth-order valence-electron chi connectivity index (χ4n) is 3.88. The van der Waals surface area contributed by atoms with E-state index in [1.807, 2.05) is 13.8 Å². The van der Waals surface area contributed by atoms with Gasteiger partial charge in [-0.1, -0.05) is 12.8 Å². The Kier molecular flexibility index (Phi) is 6.40. The largest absolute Gasteiger partial charge is 0.478 e. The van der Waals surface area contributed by atoms with E-state index in [4.69, 9.17) is 18.8 Å². The Morgan fingerprint density at radius 3 is 2.36 bits per heavy atom. The molecule has 1 N–H and O–H groups in total. The molecular formula is C19H33BN2O5S. The van der Waals surface area contributed by atoms with Crippen LogP contribution in [0.3, 0.4) is 0 Å². The van der Waals surface area contributed by atoms with Crippen molar-refractivity contribution >= 4 is 31.1 Å². The number of hydrogen-bond donors (Lipinski definition) is 1. The standard InChI is InChI=1S/C19H33BN2O5S/c1-7-24-16(23)19(12-25-15-13(2)21-28-22-15)10-8-14(9-11-19)20-26-17(3,4)18(5,6)27-20/h13-14,21H,7-12H2,1-6H3. The number of carbonyl (C=O) groups excluding carboxylic acids is 1. The molecule has 1 atom stereocenters. The zero-order chi connectivity index (χ0) is 20.6. The lowest BCUT2D eigenvalue weighted by molar-refractivity contribution is -0.160. The van der Waals surface area contributed by atoms with Crippen molar-refractivity contribution in [2.24, 2.45) is 9.81 Å². The quantitative estimate of drug-likeness (QED) is 0.420. The monoisotopic (exact) mass is 412 g/mol. The molecule has 0 amide bonds. The Hall–Kier alpha value is -0.765. The van der Waals surface area contributed by atoms with Crippen LogP contribution in [-0.2, 0) is 23.6 Å². The highest BCUT2D eigenvalue weighted by molar-refractivity contribution is 7.96. The molecule has 9 heteroatoms. The maximum atomic E-state index is 12.8. The minimum absolute atomic E-state index is 0.0466. The molecule has 7 nitrogen and oxygen atoms in total. The highest BCUT2D eigenvalue weighted by Crippen LogP contribution is 2.48. The average Bonchev–Trinajstić information content (AvgIpc) is 3.13. The zero-order valence-corrected chi connectivity index (χ0v) is 18.7. The van der Waals surface area contributed by atoms with Crippen LogP contribution in [0, 0.1) is 5.41 Å². The second-order valence-electron chi connectivity index (χ2n) is 9.11. The van der Waals surface area contributed by atoms with Crippen LogP contribution in [0.1, 0.15) is 67.2 Å². The van der Waals surface area contributed by atoms with E-state index in [0.717, 1.165) is 12.8 Å². The second kappa shape index (κ2) is 8.16. The van der Waals surface area contributed by atoms with Crippen molar-refractivity contribution in [1.82, 2.24) is 4.72 Å². The number of hydrogen-bond acceptors (Lipinski definition) is 8. The van der Waals surface area contributed by atoms with Gasteiger partial charge in [0.1, 0.15) is 12.0 Å². The lowest BCUT2D eigenvalue weighted by Gasteiger charge is -2.38. The summed E-state index contributed by atoms with van der Waals surface area (Å²) in [6.45, 7) is 12.8. The van der Waals surface area contributed by atoms with Gasteiger partial charge in [0.15, 0.2) is 0 Å². The Balaban J connectivity index is 1.65. The van der Waals surface area contributed by atoms with Crippen molar-refractivity contribution in [3.05, 3.63) is 0 Å². The molecule has 1 unspecified atom stereocenters. The van der Waals surface area contributed by atoms with Gasteiger partial charge < -0.3 is 18.8 Å². The van der Waals surface area contributed by atoms with Gasteiger partial charge in [-0.05, 0) is 60.2 Å². The Bertz CT molecular complexity index is 603. The molecular weight excluding hydrogens is 379 g/mol. The van der Waals surface area contributed by atoms with Crippen LogP contribution in [0.2, 0.25) is 5.82 Å². The summed E-state index contributed by atoms with van der Waals surface area (Å²) >= 11 is 1.27. The fraction of sp³-hybridized carbons (Fsp3) is 0.895. The van der Waals surface area contributed by atoms with E-state index < -0.39 is 5.41 Å². The summed E-state index contributed by atoms with van der Waals surface area (Å²) in [5.41, 5.74) is -1.30. The number of rotatable bonds is 5. The number of nitrogens with one attached hydrogen (secondary N) is 1. The molecule has 0 bridgehead atoms. The number of esters is 1. The number of ether oxygens (including phenoxy) is 2. The van der Waals surface area contributed by atoms with Crippen LogP contribution in [0.25, 0.3) is 0 Å². The normalized spacial score (nSPS) is 34.2. The van der Waals surface area contributed by atoms with E-state index in [-0.39, 0.29) is 36.1 Å². The third-order valence-corrected chi connectivity index (χ3v) is 7.31. The molecule has 0 spiro atoms. The first kappa shape index (κ1) is 21.9. The van der Waals surface area contributed by atoms with Crippen molar-refractivity contribution in [1.29, 1.82) is 0 Å². The third-order valence-electron chi connectivity index (χ3n) is 6.58. The van der Waals surface area contributed by atoms with Gasteiger partial charge in [0.05, 0.1) is 36.0 Å². The third kappa shape index (κ3) is 4.22. The minimum Gasteiger partial charge on any atom is -0.478 e. The predicted octanol–water partition coefficient (Wildman–Crippen LogP) is 3.54. The van der Waals surface area contributed by atoms with E-state index in [1.54, 1.807) is 0 Å². The summed E-state index contributed by atoms with van der Waals surface area (Å²) in [5, 5.41) is 0. The summed E-state index contributed by atoms with van der Waals surface area (Å²) in [6.07, 6.45) is 3.08. The molecule has 1 saturated heterocycles. The molecule has 1 saturated carbocycles. The van der Waals surface area contributed by atoms with E-state index >= 15 is 0 Å². The molecule has 3 rings (SSSR count). The molecule has 28 heavy (non-hydrogen) atoms. The van der Waals surface area contributed by atoms with Crippen molar-refractivity contribution in [2.75, 3.05) is 13.2 Å². The molecule has 2 heterocycles. The molecule has 0 radical (unpaired) electrons. The minimum atomic E-state index is -0.633. The Morgan fingerprint density at radius 1 is 1.25 bits per heavy atom. The van der Waals surface area contributed by atoms with Gasteiger partial charge in [-0.2, -0.15) is 4.40 Å². The highest BCUT2D eigenvalue weighted by atomic mass is 32.2. The first-order chi connectivity index (χ1) is 13.1. The summed E-state index contributed by atoms with van der Waals surface area (Å²) in [7, 11) is -0.231. The van der Waals surface area contributed by atoms with Crippen molar-refractivity contribution in [3.63, 3.8) is 0 Å². The summed E-state index contributed by atoms with van der Waals surface area (Å²) in [5.74, 6) is 0.736. The van der Waals surface area contributed by atoms with Gasteiger partial charge in [0, 0.05) is 0 Å². The topological polar surface area (TPSA) is 78.4 Å². The summed E-state index contributed by atoms with van der Waals surface area (Å²) in [4.78, 5) is 12.8. The first-order valence-electron chi connectivity index (χ1n) is 10.3. The van der Waals surface area contributed by atoms with E-state index in [9.17, 15) is 4.79 Å². The van der Waals surface area contributed by atoms with Crippen molar-refractivity contribution in [3.8, 4) is 0 Å². The molecule has 1 aliphatic carbocycles. The molecule has 2 fully saturated rings. The lowest BCUT2D eigenvalue weighted by atomic mass is 9.59. The SMILES string of the molecule is CCOC(=O)C1(COC2=NSNC2C)CCC(B2OC(C)(C)C(C)(C)O2)CC1. The van der Waals surface area contributed by atoms with Crippen LogP contribution < -0.4 is 4.72 Å². The molecule has 0 aromatic heterocycles. The van der Waals surface area contributed by atoms with Crippen molar-refractivity contribution < 1.29 is 23.6 Å². The van der Waals surface area contributed by atoms with Gasteiger partial charge >= 0.3 is 13.1 Å². The van der Waals surface area contributed by atoms with Crippen LogP contribution in [-0.4, -0.2) is 49.4 Å². The number of carbonyl (C=O) groups is 1. The molecule has 0 aromatic carbocycles. The van der Waals surface area contributed by atoms with Gasteiger partial charge in [-0.3, -0.25) is 4.79 Å². The molecule has 3 aliphatic rings.